The maximum Gasteiger partial charge on any atom is 0.255 e. The molecule has 1 aromatic rings. The molecule has 0 amide bonds. The highest BCUT2D eigenvalue weighted by Crippen LogP contribution is 2.26. The van der Waals surface area contributed by atoms with Crippen LogP contribution >= 0.6 is 0 Å². The Bertz CT molecular complexity index is 383. The normalized spacial score (nSPS) is 12.9. The van der Waals surface area contributed by atoms with Crippen molar-refractivity contribution in [1.29, 1.82) is 0 Å². The lowest BCUT2D eigenvalue weighted by molar-refractivity contribution is 0.170. The molecular formula is C11H13F4NO. The molecule has 17 heavy (non-hydrogen) atoms. The van der Waals surface area contributed by atoms with Crippen molar-refractivity contribution in [2.45, 2.75) is 33.3 Å². The average Bonchev–Trinajstić information content (AvgIpc) is 2.20. The first kappa shape index (κ1) is 13.7. The van der Waals surface area contributed by atoms with Gasteiger partial charge in [-0.25, -0.2) is 0 Å². The molecule has 0 aliphatic carbocycles. The van der Waals surface area contributed by atoms with Gasteiger partial charge in [-0.3, -0.25) is 0 Å². The van der Waals surface area contributed by atoms with Crippen molar-refractivity contribution in [2.24, 2.45) is 5.92 Å². The minimum absolute atomic E-state index is 0.229. The number of rotatable bonds is 4. The van der Waals surface area contributed by atoms with Crippen molar-refractivity contribution in [3.63, 3.8) is 0 Å². The van der Waals surface area contributed by atoms with E-state index in [0.29, 0.717) is 6.42 Å². The number of ether oxygens (including phenoxy) is 1. The topological polar surface area (TPSA) is 22.1 Å². The van der Waals surface area contributed by atoms with Gasteiger partial charge in [0.05, 0.1) is 6.10 Å². The maximum atomic E-state index is 13.2. The van der Waals surface area contributed by atoms with Crippen molar-refractivity contribution in [2.75, 3.05) is 0 Å². The summed E-state index contributed by atoms with van der Waals surface area (Å²) < 4.78 is 56.7. The fraction of sp³-hybridized carbons (Fsp3) is 0.545. The third kappa shape index (κ3) is 3.31. The summed E-state index contributed by atoms with van der Waals surface area (Å²) in [6.07, 6.45) is -0.0510. The molecule has 1 unspecified atom stereocenters. The largest absolute Gasteiger partial charge is 0.484 e. The van der Waals surface area contributed by atoms with Crippen LogP contribution in [0.4, 0.5) is 17.6 Å². The molecule has 0 saturated heterocycles. The predicted molar refractivity (Wildman–Crippen MR) is 53.6 cm³/mol. The minimum Gasteiger partial charge on any atom is -0.484 e. The summed E-state index contributed by atoms with van der Waals surface area (Å²) in [5.74, 6) is -7.47. The van der Waals surface area contributed by atoms with E-state index in [1.54, 1.807) is 6.92 Å². The fourth-order valence-electron chi connectivity index (χ4n) is 1.48. The van der Waals surface area contributed by atoms with E-state index in [1.165, 1.54) is 0 Å². The first-order valence-corrected chi connectivity index (χ1v) is 5.19. The molecule has 0 radical (unpaired) electrons. The highest BCUT2D eigenvalue weighted by Gasteiger charge is 2.23. The molecule has 1 heterocycles. The quantitative estimate of drug-likeness (QED) is 0.604. The lowest BCUT2D eigenvalue weighted by Gasteiger charge is -2.17. The molecule has 0 aliphatic rings. The lowest BCUT2D eigenvalue weighted by Crippen LogP contribution is -2.17. The second-order valence-corrected chi connectivity index (χ2v) is 4.21. The third-order valence-corrected chi connectivity index (χ3v) is 2.08. The number of hydrogen-bond acceptors (Lipinski definition) is 2. The molecule has 0 saturated carbocycles. The van der Waals surface area contributed by atoms with Crippen LogP contribution in [0.1, 0.15) is 27.2 Å². The monoisotopic (exact) mass is 251 g/mol. The zero-order valence-electron chi connectivity index (χ0n) is 9.73. The summed E-state index contributed by atoms with van der Waals surface area (Å²) in [6.45, 7) is 5.34. The van der Waals surface area contributed by atoms with Crippen LogP contribution in [-0.4, -0.2) is 11.1 Å². The molecule has 6 heteroatoms. The molecule has 0 bridgehead atoms. The summed E-state index contributed by atoms with van der Waals surface area (Å²) in [6, 6.07) is 0. The highest BCUT2D eigenvalue weighted by atomic mass is 19.2. The summed E-state index contributed by atoms with van der Waals surface area (Å²) in [5, 5.41) is 0. The Hall–Kier alpha value is -1.33. The Kier molecular flexibility index (Phi) is 4.31. The van der Waals surface area contributed by atoms with Crippen LogP contribution in [0.2, 0.25) is 0 Å². The van der Waals surface area contributed by atoms with E-state index in [1.807, 2.05) is 13.8 Å². The summed E-state index contributed by atoms with van der Waals surface area (Å²) >= 11 is 0. The molecular weight excluding hydrogens is 238 g/mol. The molecule has 96 valence electrons. The first-order chi connectivity index (χ1) is 7.82. The van der Waals surface area contributed by atoms with Gasteiger partial charge >= 0.3 is 0 Å². The van der Waals surface area contributed by atoms with Crippen LogP contribution in [-0.2, 0) is 0 Å². The zero-order chi connectivity index (χ0) is 13.2. The van der Waals surface area contributed by atoms with Crippen LogP contribution in [0.25, 0.3) is 0 Å². The van der Waals surface area contributed by atoms with Crippen molar-refractivity contribution < 1.29 is 22.3 Å². The number of pyridine rings is 1. The van der Waals surface area contributed by atoms with Gasteiger partial charge in [0, 0.05) is 0 Å². The van der Waals surface area contributed by atoms with Gasteiger partial charge in [-0.1, -0.05) is 13.8 Å². The van der Waals surface area contributed by atoms with Gasteiger partial charge in [-0.05, 0) is 19.3 Å². The van der Waals surface area contributed by atoms with Crippen LogP contribution in [0.5, 0.6) is 5.75 Å². The van der Waals surface area contributed by atoms with Crippen molar-refractivity contribution in [1.82, 2.24) is 4.98 Å². The SMILES string of the molecule is CC(C)CC(C)Oc1c(F)c(F)nc(F)c1F. The van der Waals surface area contributed by atoms with E-state index in [2.05, 4.69) is 4.98 Å². The Morgan fingerprint density at radius 2 is 1.47 bits per heavy atom. The molecule has 1 atom stereocenters. The van der Waals surface area contributed by atoms with E-state index < -0.39 is 35.4 Å². The van der Waals surface area contributed by atoms with Gasteiger partial charge < -0.3 is 4.74 Å². The average molecular weight is 251 g/mol. The second-order valence-electron chi connectivity index (χ2n) is 4.21. The summed E-state index contributed by atoms with van der Waals surface area (Å²) in [5.41, 5.74) is 0. The van der Waals surface area contributed by atoms with E-state index in [4.69, 9.17) is 4.74 Å². The highest BCUT2D eigenvalue weighted by molar-refractivity contribution is 5.24. The number of hydrogen-bond donors (Lipinski definition) is 0. The van der Waals surface area contributed by atoms with Crippen LogP contribution in [0.15, 0.2) is 0 Å². The van der Waals surface area contributed by atoms with Crippen molar-refractivity contribution in [3.05, 3.63) is 23.5 Å². The number of nitrogens with zero attached hydrogens (tertiary/aromatic N) is 1. The molecule has 0 spiro atoms. The first-order valence-electron chi connectivity index (χ1n) is 5.19. The predicted octanol–water partition coefficient (Wildman–Crippen LogP) is 3.45. The van der Waals surface area contributed by atoms with Gasteiger partial charge in [-0.15, -0.1) is 0 Å². The van der Waals surface area contributed by atoms with Gasteiger partial charge in [0.1, 0.15) is 0 Å². The zero-order valence-corrected chi connectivity index (χ0v) is 9.73. The van der Waals surface area contributed by atoms with E-state index >= 15 is 0 Å². The Balaban J connectivity index is 2.97. The van der Waals surface area contributed by atoms with Gasteiger partial charge in [0.25, 0.3) is 11.9 Å². The van der Waals surface area contributed by atoms with Crippen LogP contribution in [0.3, 0.4) is 0 Å². The van der Waals surface area contributed by atoms with E-state index in [0.717, 1.165) is 0 Å². The Labute approximate surface area is 96.6 Å². The molecule has 0 aromatic carbocycles. The summed E-state index contributed by atoms with van der Waals surface area (Å²) in [4.78, 5) is 2.44. The van der Waals surface area contributed by atoms with Crippen LogP contribution < -0.4 is 4.74 Å². The van der Waals surface area contributed by atoms with Gasteiger partial charge in [0.2, 0.25) is 17.4 Å². The van der Waals surface area contributed by atoms with Gasteiger partial charge in [0.15, 0.2) is 0 Å². The standard InChI is InChI=1S/C11H13F4NO/c1-5(2)4-6(3)17-9-7(12)10(14)16-11(15)8(9)13/h5-6H,4H2,1-3H3. The molecule has 2 nitrogen and oxygen atoms in total. The molecule has 0 aliphatic heterocycles. The van der Waals surface area contributed by atoms with Crippen molar-refractivity contribution in [3.8, 4) is 5.75 Å². The van der Waals surface area contributed by atoms with Gasteiger partial charge in [-0.2, -0.15) is 22.5 Å². The molecule has 0 N–H and O–H groups in total. The third-order valence-electron chi connectivity index (χ3n) is 2.08. The van der Waals surface area contributed by atoms with E-state index in [9.17, 15) is 17.6 Å². The smallest absolute Gasteiger partial charge is 0.255 e. The number of halogens is 4. The molecule has 1 rings (SSSR count). The fourth-order valence-corrected chi connectivity index (χ4v) is 1.48. The Morgan fingerprint density at radius 3 is 1.88 bits per heavy atom. The number of aromatic nitrogens is 1. The van der Waals surface area contributed by atoms with Crippen molar-refractivity contribution >= 4 is 0 Å². The molecule has 1 aromatic heterocycles. The molecule has 0 fully saturated rings. The summed E-state index contributed by atoms with van der Waals surface area (Å²) in [7, 11) is 0. The van der Waals surface area contributed by atoms with E-state index in [-0.39, 0.29) is 5.92 Å². The Morgan fingerprint density at radius 1 is 1.00 bits per heavy atom. The maximum absolute atomic E-state index is 13.2. The van der Waals surface area contributed by atoms with Crippen LogP contribution in [0, 0.1) is 29.4 Å². The second kappa shape index (κ2) is 5.33. The lowest BCUT2D eigenvalue weighted by atomic mass is 10.1. The minimum atomic E-state index is -1.71.